The zero-order chi connectivity index (χ0) is 18.7. The highest BCUT2D eigenvalue weighted by Crippen LogP contribution is 2.17. The number of benzene rings is 2. The number of halogens is 2. The minimum absolute atomic E-state index is 0.0587. The topological polar surface area (TPSA) is 84.5 Å². The van der Waals surface area contributed by atoms with Gasteiger partial charge in [0, 0.05) is 30.0 Å². The summed E-state index contributed by atoms with van der Waals surface area (Å²) in [5, 5.41) is 2.40. The Labute approximate surface area is 149 Å². The number of sulfonamides is 1. The zero-order valence-corrected chi connectivity index (χ0v) is 14.4. The van der Waals surface area contributed by atoms with Gasteiger partial charge in [0.15, 0.2) is 11.6 Å². The highest BCUT2D eigenvalue weighted by Gasteiger charge is 2.24. The van der Waals surface area contributed by atoms with E-state index in [1.807, 2.05) is 0 Å². The Balaban J connectivity index is 1.77. The average Bonchev–Trinajstić information content (AvgIpc) is 3.10. The van der Waals surface area contributed by atoms with Crippen molar-refractivity contribution in [3.8, 4) is 0 Å². The van der Waals surface area contributed by atoms with E-state index in [-0.39, 0.29) is 22.2 Å². The lowest BCUT2D eigenvalue weighted by Crippen LogP contribution is -2.35. The largest absolute Gasteiger partial charge is 0.380 e. The molecule has 0 aliphatic carbocycles. The van der Waals surface area contributed by atoms with Gasteiger partial charge >= 0.3 is 0 Å². The fourth-order valence-electron chi connectivity index (χ4n) is 2.50. The molecule has 26 heavy (non-hydrogen) atoms. The van der Waals surface area contributed by atoms with Crippen LogP contribution < -0.4 is 10.0 Å². The Morgan fingerprint density at radius 1 is 1.12 bits per heavy atom. The van der Waals surface area contributed by atoms with E-state index >= 15 is 0 Å². The molecular weight excluding hydrogens is 366 g/mol. The molecule has 0 saturated carbocycles. The van der Waals surface area contributed by atoms with Crippen LogP contribution in [0.4, 0.5) is 14.5 Å². The number of ether oxygens (including phenoxy) is 1. The van der Waals surface area contributed by atoms with Gasteiger partial charge in [-0.3, -0.25) is 4.79 Å². The molecule has 2 aromatic carbocycles. The summed E-state index contributed by atoms with van der Waals surface area (Å²) in [4.78, 5) is 12.2. The molecule has 1 heterocycles. The predicted molar refractivity (Wildman–Crippen MR) is 90.3 cm³/mol. The van der Waals surface area contributed by atoms with Crippen molar-refractivity contribution in [1.82, 2.24) is 4.72 Å². The van der Waals surface area contributed by atoms with E-state index in [1.54, 1.807) is 0 Å². The van der Waals surface area contributed by atoms with Crippen LogP contribution in [0.1, 0.15) is 16.8 Å². The van der Waals surface area contributed by atoms with Gasteiger partial charge in [-0.25, -0.2) is 21.9 Å². The van der Waals surface area contributed by atoms with E-state index in [1.165, 1.54) is 30.3 Å². The molecule has 1 unspecified atom stereocenters. The zero-order valence-electron chi connectivity index (χ0n) is 13.5. The molecule has 1 atom stereocenters. The van der Waals surface area contributed by atoms with Crippen LogP contribution in [0.5, 0.6) is 0 Å². The Hall–Kier alpha value is -2.36. The third-order valence-corrected chi connectivity index (χ3v) is 5.35. The molecule has 1 aliphatic heterocycles. The van der Waals surface area contributed by atoms with Crippen molar-refractivity contribution in [1.29, 1.82) is 0 Å². The summed E-state index contributed by atoms with van der Waals surface area (Å²) in [5.74, 6) is -2.77. The molecule has 0 spiro atoms. The normalized spacial score (nSPS) is 17.2. The summed E-state index contributed by atoms with van der Waals surface area (Å²) >= 11 is 0. The maximum atomic E-state index is 13.2. The lowest BCUT2D eigenvalue weighted by molar-refractivity contribution is 0.102. The Bertz CT molecular complexity index is 928. The Kier molecular flexibility index (Phi) is 5.30. The van der Waals surface area contributed by atoms with E-state index in [0.717, 1.165) is 12.1 Å². The molecule has 0 aromatic heterocycles. The molecular formula is C17H16F2N2O4S. The van der Waals surface area contributed by atoms with E-state index in [9.17, 15) is 22.0 Å². The monoisotopic (exact) mass is 382 g/mol. The highest BCUT2D eigenvalue weighted by molar-refractivity contribution is 7.89. The van der Waals surface area contributed by atoms with Gasteiger partial charge in [-0.15, -0.1) is 0 Å². The van der Waals surface area contributed by atoms with Gasteiger partial charge in [-0.2, -0.15) is 0 Å². The maximum Gasteiger partial charge on any atom is 0.255 e. The maximum absolute atomic E-state index is 13.2. The summed E-state index contributed by atoms with van der Waals surface area (Å²) < 4.78 is 58.7. The van der Waals surface area contributed by atoms with Gasteiger partial charge in [0.1, 0.15) is 0 Å². The third-order valence-electron chi connectivity index (χ3n) is 3.84. The minimum atomic E-state index is -3.80. The molecule has 0 radical (unpaired) electrons. The van der Waals surface area contributed by atoms with Gasteiger partial charge in [0.2, 0.25) is 10.0 Å². The molecule has 3 rings (SSSR count). The first-order valence-corrected chi connectivity index (χ1v) is 9.30. The van der Waals surface area contributed by atoms with Gasteiger partial charge in [-0.05, 0) is 36.8 Å². The summed E-state index contributed by atoms with van der Waals surface area (Å²) in [5.41, 5.74) is 0.128. The lowest BCUT2D eigenvalue weighted by Gasteiger charge is -2.12. The van der Waals surface area contributed by atoms with Gasteiger partial charge < -0.3 is 10.1 Å². The number of rotatable bonds is 5. The minimum Gasteiger partial charge on any atom is -0.380 e. The molecule has 1 aliphatic rings. The van der Waals surface area contributed by atoms with E-state index in [0.29, 0.717) is 19.6 Å². The van der Waals surface area contributed by atoms with Crippen molar-refractivity contribution in [2.24, 2.45) is 0 Å². The Morgan fingerprint density at radius 3 is 2.62 bits per heavy atom. The molecule has 1 amide bonds. The molecule has 2 aromatic rings. The van der Waals surface area contributed by atoms with Crippen LogP contribution in [0.3, 0.4) is 0 Å². The van der Waals surface area contributed by atoms with Crippen LogP contribution in [0, 0.1) is 11.6 Å². The summed E-state index contributed by atoms with van der Waals surface area (Å²) in [7, 11) is -3.80. The second-order valence-corrected chi connectivity index (χ2v) is 7.51. The first kappa shape index (κ1) is 18.4. The number of hydrogen-bond acceptors (Lipinski definition) is 4. The third kappa shape index (κ3) is 4.24. The number of nitrogens with one attached hydrogen (secondary N) is 2. The van der Waals surface area contributed by atoms with E-state index < -0.39 is 27.6 Å². The number of hydrogen-bond donors (Lipinski definition) is 2. The van der Waals surface area contributed by atoms with Gasteiger partial charge in [0.05, 0.1) is 11.5 Å². The van der Waals surface area contributed by atoms with Crippen LogP contribution in [0.25, 0.3) is 0 Å². The standard InChI is InChI=1S/C17H16F2N2O4S/c18-15-5-4-12(9-16(15)19)20-17(22)11-2-1-3-14(8-11)26(23,24)21-13-6-7-25-10-13/h1-5,8-9,13,21H,6-7,10H2,(H,20,22). The quantitative estimate of drug-likeness (QED) is 0.831. The first-order chi connectivity index (χ1) is 12.3. The molecule has 0 bridgehead atoms. The van der Waals surface area contributed by atoms with Crippen LogP contribution in [0.15, 0.2) is 47.4 Å². The van der Waals surface area contributed by atoms with E-state index in [4.69, 9.17) is 4.74 Å². The molecule has 2 N–H and O–H groups in total. The van der Waals surface area contributed by atoms with Crippen molar-refractivity contribution in [2.45, 2.75) is 17.4 Å². The Morgan fingerprint density at radius 2 is 1.92 bits per heavy atom. The lowest BCUT2D eigenvalue weighted by atomic mass is 10.2. The van der Waals surface area contributed by atoms with Crippen molar-refractivity contribution in [3.05, 3.63) is 59.7 Å². The fourth-order valence-corrected chi connectivity index (χ4v) is 3.80. The van der Waals surface area contributed by atoms with Crippen molar-refractivity contribution < 1.29 is 26.7 Å². The molecule has 1 fully saturated rings. The number of anilines is 1. The summed E-state index contributed by atoms with van der Waals surface area (Å²) in [6, 6.07) is 8.07. The SMILES string of the molecule is O=C(Nc1ccc(F)c(F)c1)c1cccc(S(=O)(=O)NC2CCOC2)c1. The average molecular weight is 382 g/mol. The molecule has 1 saturated heterocycles. The van der Waals surface area contributed by atoms with Gasteiger partial charge in [-0.1, -0.05) is 6.07 Å². The fraction of sp³-hybridized carbons (Fsp3) is 0.235. The van der Waals surface area contributed by atoms with Crippen molar-refractivity contribution in [2.75, 3.05) is 18.5 Å². The van der Waals surface area contributed by atoms with Crippen molar-refractivity contribution >= 4 is 21.6 Å². The summed E-state index contributed by atoms with van der Waals surface area (Å²) in [6.45, 7) is 0.791. The molecule has 138 valence electrons. The highest BCUT2D eigenvalue weighted by atomic mass is 32.2. The van der Waals surface area contributed by atoms with Crippen LogP contribution in [-0.4, -0.2) is 33.6 Å². The second-order valence-electron chi connectivity index (χ2n) is 5.79. The predicted octanol–water partition coefficient (Wildman–Crippen LogP) is 2.28. The van der Waals surface area contributed by atoms with Crippen LogP contribution in [0.2, 0.25) is 0 Å². The van der Waals surface area contributed by atoms with Crippen molar-refractivity contribution in [3.63, 3.8) is 0 Å². The van der Waals surface area contributed by atoms with E-state index in [2.05, 4.69) is 10.0 Å². The number of amides is 1. The first-order valence-electron chi connectivity index (χ1n) is 7.82. The summed E-state index contributed by atoms with van der Waals surface area (Å²) in [6.07, 6.45) is 0.579. The smallest absolute Gasteiger partial charge is 0.255 e. The van der Waals surface area contributed by atoms with Crippen LogP contribution in [-0.2, 0) is 14.8 Å². The molecule has 6 nitrogen and oxygen atoms in total. The van der Waals surface area contributed by atoms with Gasteiger partial charge in [0.25, 0.3) is 5.91 Å². The molecule has 9 heteroatoms. The second kappa shape index (κ2) is 7.48. The number of carbonyl (C=O) groups is 1. The van der Waals surface area contributed by atoms with Crippen LogP contribution >= 0.6 is 0 Å². The number of carbonyl (C=O) groups excluding carboxylic acids is 1.